The summed E-state index contributed by atoms with van der Waals surface area (Å²) >= 11 is 0. The molecule has 0 unspecified atom stereocenters. The predicted molar refractivity (Wildman–Crippen MR) is 351 cm³/mol. The summed E-state index contributed by atoms with van der Waals surface area (Å²) in [5, 5.41) is 12.6. The van der Waals surface area contributed by atoms with Crippen LogP contribution in [-0.2, 0) is 22.3 Å². The molecule has 4 N–H and O–H groups in total. The average Bonchev–Trinajstić information content (AvgIpc) is 2.68. The van der Waals surface area contributed by atoms with Gasteiger partial charge in [0.05, 0.1) is 13.2 Å². The van der Waals surface area contributed by atoms with E-state index in [1.807, 2.05) is 196 Å². The van der Waals surface area contributed by atoms with Crippen molar-refractivity contribution in [3.8, 4) is 0 Å². The molecule has 0 spiro atoms. The first-order valence-electron chi connectivity index (χ1n) is 29.0. The van der Waals surface area contributed by atoms with E-state index in [9.17, 15) is 0 Å². The van der Waals surface area contributed by atoms with E-state index in [1.54, 1.807) is 7.05 Å². The van der Waals surface area contributed by atoms with Gasteiger partial charge >= 0.3 is 0 Å². The summed E-state index contributed by atoms with van der Waals surface area (Å²) in [6, 6.07) is 80.9. The Labute approximate surface area is 509 Å². The maximum atomic E-state index is 5.34. The third-order valence-corrected chi connectivity index (χ3v) is 13.0. The summed E-state index contributed by atoms with van der Waals surface area (Å²) in [7, 11) is 3.77. The van der Waals surface area contributed by atoms with E-state index in [0.717, 1.165) is 51.3 Å². The Morgan fingerprint density at radius 3 is 1.05 bits per heavy atom. The summed E-state index contributed by atoms with van der Waals surface area (Å²) in [5.41, 5.74) is 8.05. The number of ether oxygens (including phenoxy) is 2. The van der Waals surface area contributed by atoms with Gasteiger partial charge < -0.3 is 35.6 Å². The van der Waals surface area contributed by atoms with Gasteiger partial charge in [-0.25, -0.2) is 0 Å². The molecule has 0 bridgehead atoms. The lowest BCUT2D eigenvalue weighted by Gasteiger charge is -2.28. The van der Waals surface area contributed by atoms with Crippen molar-refractivity contribution in [3.63, 3.8) is 0 Å². The molecule has 0 saturated carbocycles. The average molecular weight is 1160 g/mol. The summed E-state index contributed by atoms with van der Waals surface area (Å²) < 4.78 is 10.7. The molecular weight excluding hydrogens is 1080 g/mol. The van der Waals surface area contributed by atoms with Crippen molar-refractivity contribution in [2.45, 2.75) is 26.7 Å². The van der Waals surface area contributed by atoms with Gasteiger partial charge in [0.1, 0.15) is 11.6 Å². The maximum Gasteiger partial charge on any atom is 0.241 e. The standard InChI is InChI=1S/C34H28N6.C18H27N5O2.C17H17N5/c1-38(27-17-7-2-8-18-27)32-35-33(39(28-19-9-3-10-20-28)29-21-11-4-12-22-29)37-34(36-32)40(30-23-13-5-14-24-30)31-25-15-6-16-26-31;1-3-24-12-10-19-17-21-16(14-15-8-6-5-7-9-15)22-18(23-17)20-11-13-25-4-2;1-18-16-20-15(12-13-8-4-2-5-9-13)21-17(22-16)19-14-10-6-3-7-11-14/h2-26H,1H3;5-9H,3-4,10-14H2,1-2H3,(H2,19,20,21,22,23);2-11H,12H2,1H3,(H2,18,19,20,21,22). The monoisotopic (exact) mass is 1160 g/mol. The second kappa shape index (κ2) is 33.0. The van der Waals surface area contributed by atoms with Gasteiger partial charge in [-0.2, -0.15) is 44.9 Å². The minimum atomic E-state index is 0.511. The van der Waals surface area contributed by atoms with Crippen molar-refractivity contribution in [1.82, 2.24) is 44.9 Å². The summed E-state index contributed by atoms with van der Waals surface area (Å²) in [6.45, 7) is 7.88. The molecule has 0 saturated heterocycles. The van der Waals surface area contributed by atoms with Gasteiger partial charge in [0, 0.05) is 87.4 Å². The molecule has 0 aliphatic heterocycles. The normalized spacial score (nSPS) is 10.5. The van der Waals surface area contributed by atoms with Gasteiger partial charge in [-0.1, -0.05) is 170 Å². The molecular formula is C69H72N16O2. The van der Waals surface area contributed by atoms with Crippen LogP contribution in [0.5, 0.6) is 0 Å². The van der Waals surface area contributed by atoms with Crippen molar-refractivity contribution in [2.24, 2.45) is 0 Å². The van der Waals surface area contributed by atoms with E-state index in [-0.39, 0.29) is 0 Å². The van der Waals surface area contributed by atoms with E-state index in [0.29, 0.717) is 94.0 Å². The maximum absolute atomic E-state index is 5.34. The van der Waals surface area contributed by atoms with Crippen LogP contribution in [0.15, 0.2) is 243 Å². The molecule has 11 aromatic rings. The van der Waals surface area contributed by atoms with Crippen molar-refractivity contribution in [3.05, 3.63) is 265 Å². The van der Waals surface area contributed by atoms with E-state index in [1.165, 1.54) is 5.56 Å². The highest BCUT2D eigenvalue weighted by Crippen LogP contribution is 2.38. The fourth-order valence-corrected chi connectivity index (χ4v) is 8.82. The first-order valence-corrected chi connectivity index (χ1v) is 29.0. The molecule has 3 heterocycles. The number of nitrogens with one attached hydrogen (secondary N) is 4. The molecule has 87 heavy (non-hydrogen) atoms. The van der Waals surface area contributed by atoms with Crippen LogP contribution in [0.2, 0.25) is 0 Å². The van der Waals surface area contributed by atoms with Gasteiger partial charge in [-0.3, -0.25) is 9.80 Å². The molecule has 3 aromatic heterocycles. The molecule has 0 aliphatic carbocycles. The second-order valence-electron chi connectivity index (χ2n) is 19.3. The minimum Gasteiger partial charge on any atom is -0.380 e. The fourth-order valence-electron chi connectivity index (χ4n) is 8.82. The van der Waals surface area contributed by atoms with E-state index >= 15 is 0 Å². The van der Waals surface area contributed by atoms with Crippen LogP contribution in [0.4, 0.5) is 75.8 Å². The number of rotatable bonds is 25. The highest BCUT2D eigenvalue weighted by Gasteiger charge is 2.24. The molecule has 18 heteroatoms. The smallest absolute Gasteiger partial charge is 0.241 e. The SMILES string of the molecule is CCOCCNc1nc(Cc2ccccc2)nc(NCCOCC)n1.CN(c1ccccc1)c1nc(N(c2ccccc2)c2ccccc2)nc(N(c2ccccc2)c2ccccc2)n1.CNc1nc(Cc2ccccc2)nc(Nc2ccccc2)n1. The van der Waals surface area contributed by atoms with E-state index in [2.05, 4.69) is 134 Å². The first-order chi connectivity index (χ1) is 42.9. The molecule has 11 rings (SSSR count). The van der Waals surface area contributed by atoms with Gasteiger partial charge in [-0.15, -0.1) is 0 Å². The molecule has 0 fully saturated rings. The highest BCUT2D eigenvalue weighted by molar-refractivity contribution is 5.77. The number of hydrogen-bond acceptors (Lipinski definition) is 18. The zero-order valence-electron chi connectivity index (χ0n) is 49.4. The lowest BCUT2D eigenvalue weighted by molar-refractivity contribution is 0.158. The molecule has 0 radical (unpaired) electrons. The van der Waals surface area contributed by atoms with Gasteiger partial charge in [0.2, 0.25) is 41.6 Å². The van der Waals surface area contributed by atoms with Crippen LogP contribution >= 0.6 is 0 Å². The van der Waals surface area contributed by atoms with Crippen molar-refractivity contribution < 1.29 is 9.47 Å². The summed E-state index contributed by atoms with van der Waals surface area (Å²) in [5.74, 6) is 5.20. The predicted octanol–water partition coefficient (Wildman–Crippen LogP) is 14.2. The van der Waals surface area contributed by atoms with Crippen molar-refractivity contribution in [1.29, 1.82) is 0 Å². The van der Waals surface area contributed by atoms with Crippen molar-refractivity contribution in [2.75, 3.05) is 89.6 Å². The molecule has 0 amide bonds. The first kappa shape index (κ1) is 60.9. The van der Waals surface area contributed by atoms with Crippen LogP contribution in [-0.4, -0.2) is 98.5 Å². The van der Waals surface area contributed by atoms with Gasteiger partial charge in [0.15, 0.2) is 0 Å². The van der Waals surface area contributed by atoms with Crippen LogP contribution in [0.3, 0.4) is 0 Å². The molecule has 0 atom stereocenters. The molecule has 8 aromatic carbocycles. The number of anilines is 13. The zero-order chi connectivity index (χ0) is 60.1. The lowest BCUT2D eigenvalue weighted by atomic mass is 10.1. The van der Waals surface area contributed by atoms with Crippen LogP contribution in [0, 0.1) is 0 Å². The number of hydrogen-bond donors (Lipinski definition) is 4. The Morgan fingerprint density at radius 1 is 0.345 bits per heavy atom. The Balaban J connectivity index is 0.000000166. The lowest BCUT2D eigenvalue weighted by Crippen LogP contribution is -2.22. The number of benzene rings is 8. The number of para-hydroxylation sites is 6. The Morgan fingerprint density at radius 2 is 0.667 bits per heavy atom. The zero-order valence-corrected chi connectivity index (χ0v) is 49.4. The number of nitrogens with zero attached hydrogens (tertiary/aromatic N) is 12. The third-order valence-electron chi connectivity index (χ3n) is 13.0. The van der Waals surface area contributed by atoms with E-state index < -0.39 is 0 Å². The summed E-state index contributed by atoms with van der Waals surface area (Å²) in [4.78, 5) is 48.0. The quantitative estimate of drug-likeness (QED) is 0.0395. The molecule has 18 nitrogen and oxygen atoms in total. The van der Waals surface area contributed by atoms with Crippen LogP contribution in [0.1, 0.15) is 36.6 Å². The van der Waals surface area contributed by atoms with Gasteiger partial charge in [-0.05, 0) is 97.8 Å². The molecule has 0 aliphatic rings. The van der Waals surface area contributed by atoms with Crippen LogP contribution in [0.25, 0.3) is 0 Å². The van der Waals surface area contributed by atoms with Crippen LogP contribution < -0.4 is 36.0 Å². The third kappa shape index (κ3) is 18.7. The minimum absolute atomic E-state index is 0.511. The summed E-state index contributed by atoms with van der Waals surface area (Å²) in [6.07, 6.45) is 1.32. The molecule has 440 valence electrons. The Hall–Kier alpha value is -10.7. The van der Waals surface area contributed by atoms with Crippen molar-refractivity contribution >= 4 is 75.8 Å². The topological polar surface area (TPSA) is 192 Å². The largest absolute Gasteiger partial charge is 0.380 e. The second-order valence-corrected chi connectivity index (χ2v) is 19.3. The van der Waals surface area contributed by atoms with Gasteiger partial charge in [0.25, 0.3) is 0 Å². The number of aromatic nitrogens is 9. The fraction of sp³-hybridized carbons (Fsp3) is 0.174. The Kier molecular flexibility index (Phi) is 23.1. The van der Waals surface area contributed by atoms with E-state index in [4.69, 9.17) is 24.4 Å². The Bertz CT molecular complexity index is 3450. The highest BCUT2D eigenvalue weighted by atomic mass is 16.5.